The van der Waals surface area contributed by atoms with Gasteiger partial charge in [-0.25, -0.2) is 4.79 Å². The first-order valence-corrected chi connectivity index (χ1v) is 10.4. The second-order valence-corrected chi connectivity index (χ2v) is 9.14. The molecule has 0 spiro atoms. The van der Waals surface area contributed by atoms with Crippen LogP contribution in [0.2, 0.25) is 0 Å². The van der Waals surface area contributed by atoms with Crippen molar-refractivity contribution in [2.24, 2.45) is 11.8 Å². The van der Waals surface area contributed by atoms with E-state index in [-0.39, 0.29) is 11.8 Å². The van der Waals surface area contributed by atoms with E-state index in [9.17, 15) is 19.6 Å². The van der Waals surface area contributed by atoms with Gasteiger partial charge in [-0.1, -0.05) is 27.7 Å². The number of hydrogen-bond donors (Lipinski definition) is 3. The number of alkyl carbamates (subject to hydrolysis) is 1. The maximum absolute atomic E-state index is 12.9. The molecule has 0 bridgehead atoms. The van der Waals surface area contributed by atoms with Gasteiger partial charge in [-0.05, 0) is 51.2 Å². The molecule has 9 nitrogen and oxygen atoms in total. The first-order valence-electron chi connectivity index (χ1n) is 10.4. The zero-order valence-corrected chi connectivity index (χ0v) is 19.3. The molecular formula is C22H34N4O5. The summed E-state index contributed by atoms with van der Waals surface area (Å²) < 4.78 is 10.4. The number of nitriles is 1. The van der Waals surface area contributed by atoms with Gasteiger partial charge in [0.25, 0.3) is 0 Å². The van der Waals surface area contributed by atoms with Crippen molar-refractivity contribution in [1.82, 2.24) is 16.0 Å². The molecule has 9 heteroatoms. The standard InChI is InChI=1S/C22H34N4O5/c1-13(2)11-15(25-21(29)31-22(5,6)7)19(27)26-18(14(3)4)20(28)24-16(12-23)17-9-8-10-30-17/h8-10,13-16,18H,11H2,1-7H3,(H,24,28)(H,25,29)(H,26,27). The number of amides is 3. The largest absolute Gasteiger partial charge is 0.466 e. The van der Waals surface area contributed by atoms with Gasteiger partial charge in [-0.15, -0.1) is 0 Å². The minimum absolute atomic E-state index is 0.110. The van der Waals surface area contributed by atoms with Crippen LogP contribution < -0.4 is 16.0 Å². The second kappa shape index (κ2) is 11.4. The number of nitrogens with zero attached hydrogens (tertiary/aromatic N) is 1. The van der Waals surface area contributed by atoms with Gasteiger partial charge in [0.15, 0.2) is 6.04 Å². The first kappa shape index (κ1) is 26.0. The van der Waals surface area contributed by atoms with E-state index in [2.05, 4.69) is 16.0 Å². The summed E-state index contributed by atoms with van der Waals surface area (Å²) in [6.45, 7) is 12.6. The van der Waals surface area contributed by atoms with Gasteiger partial charge < -0.3 is 25.1 Å². The average Bonchev–Trinajstić information content (AvgIpc) is 3.15. The third-order valence-corrected chi connectivity index (χ3v) is 4.20. The normalized spacial score (nSPS) is 14.3. The van der Waals surface area contributed by atoms with E-state index in [4.69, 9.17) is 9.15 Å². The van der Waals surface area contributed by atoms with Crippen LogP contribution >= 0.6 is 0 Å². The zero-order chi connectivity index (χ0) is 23.8. The van der Waals surface area contributed by atoms with E-state index in [1.807, 2.05) is 19.9 Å². The average molecular weight is 435 g/mol. The number of carbonyl (C=O) groups is 3. The molecule has 0 saturated heterocycles. The van der Waals surface area contributed by atoms with Crippen molar-refractivity contribution in [3.63, 3.8) is 0 Å². The van der Waals surface area contributed by atoms with Crippen molar-refractivity contribution in [3.8, 4) is 6.07 Å². The molecule has 0 saturated carbocycles. The first-order chi connectivity index (χ1) is 14.3. The van der Waals surface area contributed by atoms with Crippen LogP contribution in [0.4, 0.5) is 4.79 Å². The lowest BCUT2D eigenvalue weighted by Gasteiger charge is -2.27. The van der Waals surface area contributed by atoms with E-state index in [0.29, 0.717) is 12.2 Å². The molecular weight excluding hydrogens is 400 g/mol. The monoisotopic (exact) mass is 434 g/mol. The maximum Gasteiger partial charge on any atom is 0.408 e. The second-order valence-electron chi connectivity index (χ2n) is 9.14. The number of nitrogens with one attached hydrogen (secondary N) is 3. The van der Waals surface area contributed by atoms with Crippen molar-refractivity contribution >= 4 is 17.9 Å². The number of carbonyl (C=O) groups excluding carboxylic acids is 3. The van der Waals surface area contributed by atoms with Gasteiger partial charge in [0.2, 0.25) is 11.8 Å². The Labute approximate surface area is 183 Å². The Morgan fingerprint density at radius 2 is 1.74 bits per heavy atom. The van der Waals surface area contributed by atoms with E-state index in [1.165, 1.54) is 6.26 Å². The molecule has 3 unspecified atom stereocenters. The predicted molar refractivity (Wildman–Crippen MR) is 115 cm³/mol. The van der Waals surface area contributed by atoms with Crippen LogP contribution in [0.5, 0.6) is 0 Å². The lowest BCUT2D eigenvalue weighted by Crippen LogP contribution is -2.56. The molecule has 3 atom stereocenters. The molecule has 0 aliphatic carbocycles. The van der Waals surface area contributed by atoms with Crippen LogP contribution in [0.15, 0.2) is 22.8 Å². The van der Waals surface area contributed by atoms with E-state index >= 15 is 0 Å². The van der Waals surface area contributed by atoms with Crippen molar-refractivity contribution in [1.29, 1.82) is 5.26 Å². The highest BCUT2D eigenvalue weighted by molar-refractivity contribution is 5.91. The highest BCUT2D eigenvalue weighted by atomic mass is 16.6. The number of ether oxygens (including phenoxy) is 1. The summed E-state index contributed by atoms with van der Waals surface area (Å²) in [6, 6.07) is 2.41. The Morgan fingerprint density at radius 3 is 2.19 bits per heavy atom. The molecule has 1 rings (SSSR count). The molecule has 0 aliphatic heterocycles. The van der Waals surface area contributed by atoms with Gasteiger partial charge >= 0.3 is 6.09 Å². The van der Waals surface area contributed by atoms with Crippen molar-refractivity contribution in [2.45, 2.75) is 78.6 Å². The quantitative estimate of drug-likeness (QED) is 0.547. The van der Waals surface area contributed by atoms with Crippen LogP contribution in [-0.4, -0.2) is 35.6 Å². The lowest BCUT2D eigenvalue weighted by atomic mass is 9.99. The SMILES string of the molecule is CC(C)CC(NC(=O)OC(C)(C)C)C(=O)NC(C(=O)NC(C#N)c1ccco1)C(C)C. The summed E-state index contributed by atoms with van der Waals surface area (Å²) >= 11 is 0. The molecule has 3 amide bonds. The Balaban J connectivity index is 2.91. The number of hydrogen-bond acceptors (Lipinski definition) is 6. The van der Waals surface area contributed by atoms with Gasteiger partial charge in [-0.3, -0.25) is 9.59 Å². The van der Waals surface area contributed by atoms with Crippen LogP contribution in [0, 0.1) is 23.2 Å². The highest BCUT2D eigenvalue weighted by Gasteiger charge is 2.31. The third-order valence-electron chi connectivity index (χ3n) is 4.20. The minimum Gasteiger partial charge on any atom is -0.466 e. The summed E-state index contributed by atoms with van der Waals surface area (Å²) in [4.78, 5) is 37.9. The fraction of sp³-hybridized carbons (Fsp3) is 0.636. The molecule has 1 heterocycles. The summed E-state index contributed by atoms with van der Waals surface area (Å²) in [6.07, 6.45) is 1.07. The van der Waals surface area contributed by atoms with Gasteiger partial charge in [0.05, 0.1) is 12.3 Å². The summed E-state index contributed by atoms with van der Waals surface area (Å²) in [5.74, 6) is -0.874. The summed E-state index contributed by atoms with van der Waals surface area (Å²) in [7, 11) is 0. The van der Waals surface area contributed by atoms with Crippen molar-refractivity contribution in [3.05, 3.63) is 24.2 Å². The molecule has 1 aromatic heterocycles. The Bertz CT molecular complexity index is 775. The van der Waals surface area contributed by atoms with E-state index in [0.717, 1.165) is 0 Å². The molecule has 0 aromatic carbocycles. The molecule has 31 heavy (non-hydrogen) atoms. The molecule has 1 aromatic rings. The molecule has 172 valence electrons. The molecule has 0 aliphatic rings. The van der Waals surface area contributed by atoms with Crippen LogP contribution in [0.25, 0.3) is 0 Å². The fourth-order valence-electron chi connectivity index (χ4n) is 2.80. The van der Waals surface area contributed by atoms with Gasteiger partial charge in [-0.2, -0.15) is 5.26 Å². The van der Waals surface area contributed by atoms with Crippen molar-refractivity contribution in [2.75, 3.05) is 0 Å². The third kappa shape index (κ3) is 9.11. The topological polar surface area (TPSA) is 133 Å². The minimum atomic E-state index is -0.980. The summed E-state index contributed by atoms with van der Waals surface area (Å²) in [5, 5.41) is 17.2. The number of rotatable bonds is 9. The van der Waals surface area contributed by atoms with Crippen LogP contribution in [-0.2, 0) is 14.3 Å². The number of furan rings is 1. The van der Waals surface area contributed by atoms with Crippen LogP contribution in [0.3, 0.4) is 0 Å². The molecule has 0 radical (unpaired) electrons. The Kier molecular flexibility index (Phi) is 9.56. The van der Waals surface area contributed by atoms with Gasteiger partial charge in [0, 0.05) is 0 Å². The lowest BCUT2D eigenvalue weighted by molar-refractivity contribution is -0.131. The Morgan fingerprint density at radius 1 is 1.10 bits per heavy atom. The highest BCUT2D eigenvalue weighted by Crippen LogP contribution is 2.14. The van der Waals surface area contributed by atoms with Crippen LogP contribution in [0.1, 0.15) is 66.7 Å². The van der Waals surface area contributed by atoms with Gasteiger partial charge in [0.1, 0.15) is 23.4 Å². The molecule has 3 N–H and O–H groups in total. The van der Waals surface area contributed by atoms with Crippen molar-refractivity contribution < 1.29 is 23.5 Å². The smallest absolute Gasteiger partial charge is 0.408 e. The summed E-state index contributed by atoms with van der Waals surface area (Å²) in [5.41, 5.74) is -0.707. The fourth-order valence-corrected chi connectivity index (χ4v) is 2.80. The molecule has 0 fully saturated rings. The predicted octanol–water partition coefficient (Wildman–Crippen LogP) is 3.04. The zero-order valence-electron chi connectivity index (χ0n) is 19.3. The maximum atomic E-state index is 12.9. The van der Waals surface area contributed by atoms with E-state index in [1.54, 1.807) is 46.8 Å². The Hall–Kier alpha value is -3.02. The van der Waals surface area contributed by atoms with E-state index < -0.39 is 41.6 Å².